The fourth-order valence-electron chi connectivity index (χ4n) is 0.454. The molecular weight excluding hydrogens is 160 g/mol. The molecule has 0 fully saturated rings. The molecule has 0 N–H and O–H groups in total. The van der Waals surface area contributed by atoms with Crippen molar-refractivity contribution in [3.63, 3.8) is 0 Å². The van der Waals surface area contributed by atoms with E-state index in [1.165, 1.54) is 0 Å². The summed E-state index contributed by atoms with van der Waals surface area (Å²) in [4.78, 5) is 8.58. The molecule has 0 unspecified atom stereocenters. The van der Waals surface area contributed by atoms with E-state index in [2.05, 4.69) is 57.5 Å². The monoisotopic (exact) mass is 182 g/mol. The lowest BCUT2D eigenvalue weighted by Gasteiger charge is -2.15. The topological polar surface area (TPSA) is 24.7 Å². The first-order valence-corrected chi connectivity index (χ1v) is 5.02. The molecule has 0 aromatic heterocycles. The Labute approximate surface area is 82.2 Å². The summed E-state index contributed by atoms with van der Waals surface area (Å²) in [5.74, 6) is 0. The smallest absolute Gasteiger partial charge is 0.0903 e. The molecule has 0 aromatic carbocycles. The van der Waals surface area contributed by atoms with Crippen LogP contribution >= 0.6 is 0 Å². The summed E-state index contributed by atoms with van der Waals surface area (Å²) in [5.41, 5.74) is -0.0410. The normalized spacial score (nSPS) is 12.2. The first kappa shape index (κ1) is 12.4. The number of rotatable bonds is 4. The van der Waals surface area contributed by atoms with Crippen molar-refractivity contribution in [3.05, 3.63) is 0 Å². The minimum absolute atomic E-state index is 0.0205. The third-order valence-electron chi connectivity index (χ3n) is 2.44. The molecule has 0 aliphatic rings. The summed E-state index contributed by atoms with van der Waals surface area (Å²) < 4.78 is 0. The van der Waals surface area contributed by atoms with Crippen LogP contribution in [0, 0.1) is 0 Å². The van der Waals surface area contributed by atoms with E-state index in [1.807, 2.05) is 0 Å². The average Bonchev–Trinajstić information content (AvgIpc) is 2.04. The molecule has 13 heavy (non-hydrogen) atoms. The third-order valence-corrected chi connectivity index (χ3v) is 2.44. The SMILES string of the molecule is CCC(C)(C)N=C=NC(C)(C)CC. The van der Waals surface area contributed by atoms with E-state index in [4.69, 9.17) is 0 Å². The van der Waals surface area contributed by atoms with E-state index in [1.54, 1.807) is 0 Å². The van der Waals surface area contributed by atoms with Gasteiger partial charge in [-0.05, 0) is 40.5 Å². The zero-order valence-electron chi connectivity index (χ0n) is 9.81. The molecule has 0 saturated carbocycles. The minimum Gasteiger partial charge on any atom is -0.220 e. The van der Waals surface area contributed by atoms with Gasteiger partial charge < -0.3 is 0 Å². The van der Waals surface area contributed by atoms with E-state index >= 15 is 0 Å². The van der Waals surface area contributed by atoms with Crippen LogP contribution in [0.5, 0.6) is 0 Å². The van der Waals surface area contributed by atoms with Crippen molar-refractivity contribution in [2.75, 3.05) is 0 Å². The van der Waals surface area contributed by atoms with Gasteiger partial charge >= 0.3 is 0 Å². The average molecular weight is 182 g/mol. The van der Waals surface area contributed by atoms with Crippen molar-refractivity contribution < 1.29 is 0 Å². The molecule has 0 saturated heterocycles. The summed E-state index contributed by atoms with van der Waals surface area (Å²) in [6.45, 7) is 12.6. The van der Waals surface area contributed by atoms with Crippen LogP contribution in [0.1, 0.15) is 54.4 Å². The quantitative estimate of drug-likeness (QED) is 0.594. The Hall–Kier alpha value is -0.620. The Morgan fingerprint density at radius 2 is 1.15 bits per heavy atom. The summed E-state index contributed by atoms with van der Waals surface area (Å²) in [6, 6.07) is 2.82. The maximum Gasteiger partial charge on any atom is 0.0903 e. The van der Waals surface area contributed by atoms with Crippen molar-refractivity contribution in [1.29, 1.82) is 0 Å². The van der Waals surface area contributed by atoms with Gasteiger partial charge in [0.25, 0.3) is 0 Å². The second kappa shape index (κ2) is 4.57. The Bertz CT molecular complexity index is 188. The largest absolute Gasteiger partial charge is 0.220 e. The molecular formula is C11H22N2. The first-order valence-electron chi connectivity index (χ1n) is 5.02. The number of hydrogen-bond donors (Lipinski definition) is 0. The molecule has 0 amide bonds. The van der Waals surface area contributed by atoms with E-state index < -0.39 is 0 Å². The van der Waals surface area contributed by atoms with E-state index in [0.29, 0.717) is 0 Å². The highest BCUT2D eigenvalue weighted by Crippen LogP contribution is 2.14. The van der Waals surface area contributed by atoms with Crippen molar-refractivity contribution in [2.24, 2.45) is 9.98 Å². The van der Waals surface area contributed by atoms with Crippen molar-refractivity contribution in [3.8, 4) is 0 Å². The molecule has 0 aromatic rings. The Balaban J connectivity index is 4.42. The maximum absolute atomic E-state index is 4.29. The van der Waals surface area contributed by atoms with Crippen LogP contribution in [-0.4, -0.2) is 17.1 Å². The molecule has 0 atom stereocenters. The third kappa shape index (κ3) is 5.59. The van der Waals surface area contributed by atoms with Crippen LogP contribution < -0.4 is 0 Å². The van der Waals surface area contributed by atoms with E-state index in [0.717, 1.165) is 12.8 Å². The molecule has 0 aliphatic heterocycles. The summed E-state index contributed by atoms with van der Waals surface area (Å²) in [5, 5.41) is 0. The second-order valence-corrected chi connectivity index (χ2v) is 4.66. The molecule has 0 heterocycles. The van der Waals surface area contributed by atoms with Gasteiger partial charge in [-0.2, -0.15) is 0 Å². The van der Waals surface area contributed by atoms with Crippen molar-refractivity contribution in [1.82, 2.24) is 0 Å². The molecule has 2 nitrogen and oxygen atoms in total. The summed E-state index contributed by atoms with van der Waals surface area (Å²) in [6.07, 6.45) is 2.03. The lowest BCUT2D eigenvalue weighted by Crippen LogP contribution is -2.16. The van der Waals surface area contributed by atoms with Gasteiger partial charge in [0.1, 0.15) is 0 Å². The van der Waals surface area contributed by atoms with Crippen LogP contribution in [0.15, 0.2) is 9.98 Å². The standard InChI is InChI=1S/C11H22N2/c1-7-10(3,4)12-9-13-11(5,6)8-2/h7-8H2,1-6H3. The zero-order valence-corrected chi connectivity index (χ0v) is 9.81. The van der Waals surface area contributed by atoms with Crippen LogP contribution in [0.4, 0.5) is 0 Å². The number of hydrogen-bond acceptors (Lipinski definition) is 2. The predicted octanol–water partition coefficient (Wildman–Crippen LogP) is 3.54. The Kier molecular flexibility index (Phi) is 4.35. The Morgan fingerprint density at radius 1 is 0.846 bits per heavy atom. The molecule has 0 spiro atoms. The van der Waals surface area contributed by atoms with Gasteiger partial charge in [-0.3, -0.25) is 0 Å². The highest BCUT2D eigenvalue weighted by atomic mass is 14.9. The number of aliphatic imine (C=N–C) groups is 2. The summed E-state index contributed by atoms with van der Waals surface area (Å²) in [7, 11) is 0. The van der Waals surface area contributed by atoms with Gasteiger partial charge in [0.2, 0.25) is 0 Å². The van der Waals surface area contributed by atoms with Crippen LogP contribution in [-0.2, 0) is 0 Å². The molecule has 0 rings (SSSR count). The van der Waals surface area contributed by atoms with Crippen molar-refractivity contribution in [2.45, 2.75) is 65.5 Å². The first-order chi connectivity index (χ1) is 5.83. The van der Waals surface area contributed by atoms with Gasteiger partial charge in [0.05, 0.1) is 17.1 Å². The minimum atomic E-state index is -0.0205. The van der Waals surface area contributed by atoms with Gasteiger partial charge in [-0.1, -0.05) is 13.8 Å². The van der Waals surface area contributed by atoms with Crippen molar-refractivity contribution >= 4 is 6.01 Å². The molecule has 0 bridgehead atoms. The van der Waals surface area contributed by atoms with Gasteiger partial charge in [-0.25, -0.2) is 9.98 Å². The Morgan fingerprint density at radius 3 is 1.38 bits per heavy atom. The fourth-order valence-corrected chi connectivity index (χ4v) is 0.454. The van der Waals surface area contributed by atoms with Crippen LogP contribution in [0.25, 0.3) is 0 Å². The highest BCUT2D eigenvalue weighted by Gasteiger charge is 2.13. The van der Waals surface area contributed by atoms with Gasteiger partial charge in [0, 0.05) is 0 Å². The lowest BCUT2D eigenvalue weighted by molar-refractivity contribution is 0.494. The highest BCUT2D eigenvalue weighted by molar-refractivity contribution is 5.43. The maximum atomic E-state index is 4.29. The van der Waals surface area contributed by atoms with Crippen LogP contribution in [0.2, 0.25) is 0 Å². The van der Waals surface area contributed by atoms with Gasteiger partial charge in [-0.15, -0.1) is 0 Å². The molecule has 2 heteroatoms. The zero-order chi connectivity index (χ0) is 10.5. The molecule has 0 aliphatic carbocycles. The van der Waals surface area contributed by atoms with Gasteiger partial charge in [0.15, 0.2) is 0 Å². The van der Waals surface area contributed by atoms with E-state index in [9.17, 15) is 0 Å². The lowest BCUT2D eigenvalue weighted by atomic mass is 10.0. The predicted molar refractivity (Wildman–Crippen MR) is 58.6 cm³/mol. The van der Waals surface area contributed by atoms with E-state index in [-0.39, 0.29) is 11.1 Å². The molecule has 76 valence electrons. The summed E-state index contributed by atoms with van der Waals surface area (Å²) >= 11 is 0. The van der Waals surface area contributed by atoms with Crippen LogP contribution in [0.3, 0.4) is 0 Å². The number of nitrogens with zero attached hydrogens (tertiary/aromatic N) is 2. The molecule has 0 radical (unpaired) electrons. The fraction of sp³-hybridized carbons (Fsp3) is 0.909. The second-order valence-electron chi connectivity index (χ2n) is 4.66.